The molecule has 27 heavy (non-hydrogen) atoms. The fourth-order valence-electron chi connectivity index (χ4n) is 3.82. The summed E-state index contributed by atoms with van der Waals surface area (Å²) in [7, 11) is 0. The molecule has 1 aliphatic carbocycles. The van der Waals surface area contributed by atoms with Gasteiger partial charge in [0.2, 0.25) is 11.8 Å². The number of nitrogens with zero attached hydrogens (tertiary/aromatic N) is 2. The number of nitrogens with one attached hydrogen (secondary N) is 1. The smallest absolute Gasteiger partial charge is 0.248 e. The predicted molar refractivity (Wildman–Crippen MR) is 102 cm³/mol. The highest BCUT2D eigenvalue weighted by atomic mass is 32.1. The standard InChI is InChI=1S/C20H22FN3O2S/c1-12-5-6-15-17(9-12)27-20(22-15)23-19(26)16-7-8-18(25)24(16)11-13-3-2-4-14(21)10-13/h2-4,10,12,16H,5-9,11H2,1H3,(H,22,23,26). The van der Waals surface area contributed by atoms with E-state index in [9.17, 15) is 14.0 Å². The van der Waals surface area contributed by atoms with Crippen molar-refractivity contribution in [1.82, 2.24) is 9.88 Å². The van der Waals surface area contributed by atoms with Gasteiger partial charge in [-0.15, -0.1) is 11.3 Å². The molecule has 0 saturated carbocycles. The number of amides is 2. The van der Waals surface area contributed by atoms with Crippen LogP contribution < -0.4 is 5.32 Å². The summed E-state index contributed by atoms with van der Waals surface area (Å²) in [6.45, 7) is 2.47. The zero-order valence-electron chi connectivity index (χ0n) is 15.2. The molecule has 4 rings (SSSR count). The highest BCUT2D eigenvalue weighted by molar-refractivity contribution is 7.15. The van der Waals surface area contributed by atoms with Crippen LogP contribution in [0.5, 0.6) is 0 Å². The number of aromatic nitrogens is 1. The first-order chi connectivity index (χ1) is 13.0. The average molecular weight is 387 g/mol. The van der Waals surface area contributed by atoms with Crippen molar-refractivity contribution in [3.63, 3.8) is 0 Å². The SMILES string of the molecule is CC1CCc2nc(NC(=O)C3CCC(=O)N3Cc3cccc(F)c3)sc2C1. The van der Waals surface area contributed by atoms with Gasteiger partial charge in [0.15, 0.2) is 5.13 Å². The molecule has 2 aliphatic rings. The second kappa shape index (κ2) is 7.38. The van der Waals surface area contributed by atoms with Crippen LogP contribution in [0.1, 0.15) is 42.3 Å². The summed E-state index contributed by atoms with van der Waals surface area (Å²) in [4.78, 5) is 32.4. The third-order valence-corrected chi connectivity index (χ3v) is 6.32. The van der Waals surface area contributed by atoms with Crippen molar-refractivity contribution in [2.45, 2.75) is 51.6 Å². The number of likely N-dealkylation sites (tertiary alicyclic amines) is 1. The molecule has 1 fully saturated rings. The van der Waals surface area contributed by atoms with Crippen LogP contribution in [0.25, 0.3) is 0 Å². The van der Waals surface area contributed by atoms with Crippen LogP contribution in [0.2, 0.25) is 0 Å². The summed E-state index contributed by atoms with van der Waals surface area (Å²) in [5, 5.41) is 3.52. The van der Waals surface area contributed by atoms with Crippen molar-refractivity contribution in [3.05, 3.63) is 46.2 Å². The van der Waals surface area contributed by atoms with E-state index in [1.165, 1.54) is 28.3 Å². The lowest BCUT2D eigenvalue weighted by molar-refractivity contribution is -0.133. The number of carbonyl (C=O) groups is 2. The quantitative estimate of drug-likeness (QED) is 0.873. The van der Waals surface area contributed by atoms with E-state index in [2.05, 4.69) is 17.2 Å². The molecule has 2 atom stereocenters. The molecule has 1 saturated heterocycles. The summed E-state index contributed by atoms with van der Waals surface area (Å²) in [5.74, 6) is 0.0153. The second-order valence-electron chi connectivity index (χ2n) is 7.43. The molecule has 2 heterocycles. The van der Waals surface area contributed by atoms with Gasteiger partial charge in [-0.2, -0.15) is 0 Å². The second-order valence-corrected chi connectivity index (χ2v) is 8.52. The molecule has 2 unspecified atom stereocenters. The van der Waals surface area contributed by atoms with Crippen LogP contribution in [0.3, 0.4) is 0 Å². The maximum Gasteiger partial charge on any atom is 0.248 e. The van der Waals surface area contributed by atoms with Crippen molar-refractivity contribution in [2.24, 2.45) is 5.92 Å². The monoisotopic (exact) mass is 387 g/mol. The van der Waals surface area contributed by atoms with Crippen molar-refractivity contribution < 1.29 is 14.0 Å². The Balaban J connectivity index is 1.46. The van der Waals surface area contributed by atoms with E-state index < -0.39 is 6.04 Å². The maximum absolute atomic E-state index is 13.4. The molecule has 7 heteroatoms. The fraction of sp³-hybridized carbons (Fsp3) is 0.450. The Bertz CT molecular complexity index is 882. The van der Waals surface area contributed by atoms with Crippen LogP contribution in [-0.2, 0) is 29.0 Å². The molecule has 2 amide bonds. The Hall–Kier alpha value is -2.28. The number of carbonyl (C=O) groups excluding carboxylic acids is 2. The van der Waals surface area contributed by atoms with Gasteiger partial charge in [0.05, 0.1) is 5.69 Å². The number of halogens is 1. The molecule has 1 N–H and O–H groups in total. The van der Waals surface area contributed by atoms with E-state index in [1.54, 1.807) is 17.0 Å². The molecular formula is C20H22FN3O2S. The average Bonchev–Trinajstić information content (AvgIpc) is 3.18. The lowest BCUT2D eigenvalue weighted by atomic mass is 9.93. The fourth-order valence-corrected chi connectivity index (χ4v) is 4.99. The third-order valence-electron chi connectivity index (χ3n) is 5.29. The Morgan fingerprint density at radius 3 is 3.04 bits per heavy atom. The van der Waals surface area contributed by atoms with Crippen LogP contribution in [0.4, 0.5) is 9.52 Å². The molecule has 142 valence electrons. The molecule has 2 aromatic rings. The van der Waals surface area contributed by atoms with Gasteiger partial charge < -0.3 is 10.2 Å². The van der Waals surface area contributed by atoms with E-state index in [0.717, 1.165) is 25.0 Å². The first-order valence-electron chi connectivity index (χ1n) is 9.33. The molecule has 0 bridgehead atoms. The molecule has 5 nitrogen and oxygen atoms in total. The summed E-state index contributed by atoms with van der Waals surface area (Å²) >= 11 is 1.54. The summed E-state index contributed by atoms with van der Waals surface area (Å²) in [6.07, 6.45) is 3.90. The number of rotatable bonds is 4. The van der Waals surface area contributed by atoms with E-state index in [1.807, 2.05) is 0 Å². The lowest BCUT2D eigenvalue weighted by Gasteiger charge is -2.23. The van der Waals surface area contributed by atoms with E-state index in [-0.39, 0.29) is 24.2 Å². The van der Waals surface area contributed by atoms with Crippen molar-refractivity contribution in [2.75, 3.05) is 5.32 Å². The van der Waals surface area contributed by atoms with Gasteiger partial charge in [0.25, 0.3) is 0 Å². The number of hydrogen-bond acceptors (Lipinski definition) is 4. The predicted octanol–water partition coefficient (Wildman–Crippen LogP) is 3.54. The van der Waals surface area contributed by atoms with Crippen LogP contribution in [-0.4, -0.2) is 27.7 Å². The van der Waals surface area contributed by atoms with E-state index >= 15 is 0 Å². The number of anilines is 1. The topological polar surface area (TPSA) is 62.3 Å². The first-order valence-corrected chi connectivity index (χ1v) is 10.1. The van der Waals surface area contributed by atoms with Gasteiger partial charge in [-0.05, 0) is 49.3 Å². The van der Waals surface area contributed by atoms with Gasteiger partial charge in [0, 0.05) is 17.8 Å². The molecule has 1 aromatic heterocycles. The summed E-state index contributed by atoms with van der Waals surface area (Å²) in [6, 6.07) is 5.60. The maximum atomic E-state index is 13.4. The van der Waals surface area contributed by atoms with Gasteiger partial charge in [-0.25, -0.2) is 9.37 Å². The van der Waals surface area contributed by atoms with E-state index in [0.29, 0.717) is 29.5 Å². The van der Waals surface area contributed by atoms with Crippen molar-refractivity contribution >= 4 is 28.3 Å². The lowest BCUT2D eigenvalue weighted by Crippen LogP contribution is -2.41. The Morgan fingerprint density at radius 2 is 2.22 bits per heavy atom. The van der Waals surface area contributed by atoms with Crippen molar-refractivity contribution in [3.8, 4) is 0 Å². The zero-order valence-corrected chi connectivity index (χ0v) is 16.0. The van der Waals surface area contributed by atoms with Crippen LogP contribution >= 0.6 is 11.3 Å². The molecular weight excluding hydrogens is 365 g/mol. The van der Waals surface area contributed by atoms with Gasteiger partial charge in [0.1, 0.15) is 11.9 Å². The van der Waals surface area contributed by atoms with Crippen molar-refractivity contribution in [1.29, 1.82) is 0 Å². The number of benzene rings is 1. The third kappa shape index (κ3) is 3.88. The zero-order chi connectivity index (χ0) is 19.0. The minimum atomic E-state index is -0.541. The Kier molecular flexibility index (Phi) is 4.95. The normalized spacial score (nSPS) is 22.0. The molecule has 1 aromatic carbocycles. The number of thiazole rings is 1. The first kappa shape index (κ1) is 18.1. The van der Waals surface area contributed by atoms with E-state index in [4.69, 9.17) is 0 Å². The minimum Gasteiger partial charge on any atom is -0.326 e. The molecule has 0 radical (unpaired) electrons. The van der Waals surface area contributed by atoms with Gasteiger partial charge in [-0.3, -0.25) is 9.59 Å². The van der Waals surface area contributed by atoms with Gasteiger partial charge in [-0.1, -0.05) is 19.1 Å². The number of aryl methyl sites for hydroxylation is 1. The Labute approximate surface area is 161 Å². The highest BCUT2D eigenvalue weighted by Gasteiger charge is 2.36. The molecule has 0 spiro atoms. The number of fused-ring (bicyclic) bond motifs is 1. The summed E-state index contributed by atoms with van der Waals surface area (Å²) < 4.78 is 13.4. The minimum absolute atomic E-state index is 0.0772. The Morgan fingerprint density at radius 1 is 1.37 bits per heavy atom. The number of hydrogen-bond donors (Lipinski definition) is 1. The van der Waals surface area contributed by atoms with Gasteiger partial charge >= 0.3 is 0 Å². The summed E-state index contributed by atoms with van der Waals surface area (Å²) in [5.41, 5.74) is 1.77. The largest absolute Gasteiger partial charge is 0.326 e. The highest BCUT2D eigenvalue weighted by Crippen LogP contribution is 2.32. The van der Waals surface area contributed by atoms with Crippen LogP contribution in [0, 0.1) is 11.7 Å². The van der Waals surface area contributed by atoms with Crippen LogP contribution in [0.15, 0.2) is 24.3 Å². The molecule has 1 aliphatic heterocycles.